The van der Waals surface area contributed by atoms with E-state index < -0.39 is 0 Å². The Morgan fingerprint density at radius 2 is 2.00 bits per heavy atom. The van der Waals surface area contributed by atoms with Crippen LogP contribution in [0.5, 0.6) is 0 Å². The number of carbonyl (C=O) groups is 1. The van der Waals surface area contributed by atoms with Crippen LogP contribution in [0.25, 0.3) is 0 Å². The Bertz CT molecular complexity index is 453. The average molecular weight is 225 g/mol. The lowest BCUT2D eigenvalue weighted by Gasteiger charge is -1.95. The molecule has 0 amide bonds. The number of carbonyl (C=O) groups excluding carboxylic acids is 2. The molecule has 0 aliphatic rings. The molecule has 0 N–H and O–H groups in total. The van der Waals surface area contributed by atoms with Crippen molar-refractivity contribution < 1.29 is 9.59 Å². The van der Waals surface area contributed by atoms with Gasteiger partial charge in [-0.3, -0.25) is 9.59 Å². The first-order valence-electron chi connectivity index (χ1n) is 5.23. The van der Waals surface area contributed by atoms with E-state index in [0.717, 1.165) is 11.6 Å². The molecule has 17 heavy (non-hydrogen) atoms. The summed E-state index contributed by atoms with van der Waals surface area (Å²) in [6.45, 7) is 3.47. The highest BCUT2D eigenvalue weighted by molar-refractivity contribution is 6.07. The highest BCUT2D eigenvalue weighted by Crippen LogP contribution is 2.02. The fourth-order valence-electron chi connectivity index (χ4n) is 1.31. The van der Waals surface area contributed by atoms with Gasteiger partial charge in [0.15, 0.2) is 5.78 Å². The second-order valence-corrected chi connectivity index (χ2v) is 3.38. The van der Waals surface area contributed by atoms with Gasteiger partial charge in [0.05, 0.1) is 0 Å². The SMILES string of the molecule is C=CC(=C[C]=O)C(=O)C=CCc1ccccc1. The van der Waals surface area contributed by atoms with Crippen molar-refractivity contribution in [1.82, 2.24) is 0 Å². The third-order valence-electron chi connectivity index (χ3n) is 2.18. The minimum absolute atomic E-state index is 0.237. The summed E-state index contributed by atoms with van der Waals surface area (Å²) >= 11 is 0. The van der Waals surface area contributed by atoms with Gasteiger partial charge in [-0.05, 0) is 18.1 Å². The first-order chi connectivity index (χ1) is 8.27. The Balaban J connectivity index is 2.60. The Labute approximate surface area is 101 Å². The van der Waals surface area contributed by atoms with Crippen LogP contribution in [0.2, 0.25) is 0 Å². The zero-order valence-electron chi connectivity index (χ0n) is 9.43. The normalized spacial score (nSPS) is 11.4. The van der Waals surface area contributed by atoms with Gasteiger partial charge >= 0.3 is 0 Å². The lowest BCUT2D eigenvalue weighted by Crippen LogP contribution is -1.96. The van der Waals surface area contributed by atoms with Gasteiger partial charge in [0.2, 0.25) is 6.29 Å². The van der Waals surface area contributed by atoms with Crippen molar-refractivity contribution >= 4 is 12.1 Å². The van der Waals surface area contributed by atoms with Crippen molar-refractivity contribution in [3.05, 3.63) is 72.4 Å². The van der Waals surface area contributed by atoms with E-state index in [4.69, 9.17) is 0 Å². The Hall–Kier alpha value is -2.22. The van der Waals surface area contributed by atoms with E-state index in [1.165, 1.54) is 12.2 Å². The molecule has 0 fully saturated rings. The quantitative estimate of drug-likeness (QED) is 0.551. The smallest absolute Gasteiger partial charge is 0.226 e. The summed E-state index contributed by atoms with van der Waals surface area (Å²) in [5, 5.41) is 0. The van der Waals surface area contributed by atoms with Crippen LogP contribution < -0.4 is 0 Å². The molecule has 0 aliphatic carbocycles. The van der Waals surface area contributed by atoms with Gasteiger partial charge in [-0.1, -0.05) is 49.1 Å². The van der Waals surface area contributed by atoms with E-state index in [9.17, 15) is 9.59 Å². The minimum atomic E-state index is -0.237. The Morgan fingerprint density at radius 1 is 1.29 bits per heavy atom. The highest BCUT2D eigenvalue weighted by atomic mass is 16.1. The number of benzene rings is 1. The molecule has 1 aromatic rings. The molecule has 0 unspecified atom stereocenters. The predicted octanol–water partition coefficient (Wildman–Crippen LogP) is 2.58. The van der Waals surface area contributed by atoms with Crippen molar-refractivity contribution in [3.8, 4) is 0 Å². The monoisotopic (exact) mass is 225 g/mol. The van der Waals surface area contributed by atoms with Crippen molar-refractivity contribution in [2.45, 2.75) is 6.42 Å². The summed E-state index contributed by atoms with van der Waals surface area (Å²) in [6.07, 6.45) is 7.89. The fourth-order valence-corrected chi connectivity index (χ4v) is 1.31. The lowest BCUT2D eigenvalue weighted by molar-refractivity contribution is -0.111. The maximum Gasteiger partial charge on any atom is 0.226 e. The zero-order chi connectivity index (χ0) is 12.5. The van der Waals surface area contributed by atoms with E-state index in [0.29, 0.717) is 6.42 Å². The van der Waals surface area contributed by atoms with E-state index >= 15 is 0 Å². The fraction of sp³-hybridized carbons (Fsp3) is 0.0667. The molecule has 2 heteroatoms. The lowest BCUT2D eigenvalue weighted by atomic mass is 10.1. The molecule has 0 aromatic heterocycles. The van der Waals surface area contributed by atoms with Crippen molar-refractivity contribution in [2.24, 2.45) is 0 Å². The van der Waals surface area contributed by atoms with E-state index in [1.54, 1.807) is 12.4 Å². The molecule has 0 heterocycles. The van der Waals surface area contributed by atoms with Gasteiger partial charge in [-0.2, -0.15) is 0 Å². The van der Waals surface area contributed by atoms with Crippen LogP contribution in [0.3, 0.4) is 0 Å². The molecule has 85 valence electrons. The number of ketones is 1. The summed E-state index contributed by atoms with van der Waals surface area (Å²) in [6, 6.07) is 9.80. The standard InChI is InChI=1S/C15H13O2/c1-2-14(11-12-16)15(17)10-6-9-13-7-4-3-5-8-13/h2-8,10-11H,1,9H2. The highest BCUT2D eigenvalue weighted by Gasteiger charge is 2.00. The number of rotatable bonds is 6. The molecule has 0 aliphatic heterocycles. The van der Waals surface area contributed by atoms with Crippen LogP contribution in [0.1, 0.15) is 5.56 Å². The minimum Gasteiger partial charge on any atom is -0.289 e. The molecule has 1 rings (SSSR count). The van der Waals surface area contributed by atoms with Crippen LogP contribution >= 0.6 is 0 Å². The van der Waals surface area contributed by atoms with Gasteiger partial charge in [0.25, 0.3) is 0 Å². The third-order valence-corrected chi connectivity index (χ3v) is 2.18. The molecule has 0 saturated heterocycles. The predicted molar refractivity (Wildman–Crippen MR) is 68.3 cm³/mol. The van der Waals surface area contributed by atoms with Crippen molar-refractivity contribution in [1.29, 1.82) is 0 Å². The van der Waals surface area contributed by atoms with Crippen molar-refractivity contribution in [3.63, 3.8) is 0 Å². The molecular weight excluding hydrogens is 212 g/mol. The van der Waals surface area contributed by atoms with Gasteiger partial charge < -0.3 is 0 Å². The zero-order valence-corrected chi connectivity index (χ0v) is 9.43. The Morgan fingerprint density at radius 3 is 2.59 bits per heavy atom. The maximum atomic E-state index is 11.5. The van der Waals surface area contributed by atoms with E-state index in [1.807, 2.05) is 30.3 Å². The van der Waals surface area contributed by atoms with Crippen LogP contribution in [0.15, 0.2) is 66.8 Å². The van der Waals surface area contributed by atoms with Gasteiger partial charge in [-0.15, -0.1) is 0 Å². The second-order valence-electron chi connectivity index (χ2n) is 3.38. The molecular formula is C15H13O2. The van der Waals surface area contributed by atoms with Gasteiger partial charge in [0, 0.05) is 11.6 Å². The first-order valence-corrected chi connectivity index (χ1v) is 5.23. The molecule has 0 atom stereocenters. The van der Waals surface area contributed by atoms with Crippen LogP contribution in [0.4, 0.5) is 0 Å². The summed E-state index contributed by atoms with van der Waals surface area (Å²) in [5.41, 5.74) is 1.38. The summed E-state index contributed by atoms with van der Waals surface area (Å²) in [4.78, 5) is 21.7. The van der Waals surface area contributed by atoms with Crippen LogP contribution in [-0.4, -0.2) is 12.1 Å². The first kappa shape index (κ1) is 12.8. The average Bonchev–Trinajstić information content (AvgIpc) is 2.37. The maximum absolute atomic E-state index is 11.5. The van der Waals surface area contributed by atoms with Crippen molar-refractivity contribution in [2.75, 3.05) is 0 Å². The number of hydrogen-bond donors (Lipinski definition) is 0. The largest absolute Gasteiger partial charge is 0.289 e. The van der Waals surface area contributed by atoms with Crippen LogP contribution in [-0.2, 0) is 16.0 Å². The second kappa shape index (κ2) is 7.12. The van der Waals surface area contributed by atoms with Crippen LogP contribution in [0, 0.1) is 0 Å². The third kappa shape index (κ3) is 4.43. The molecule has 0 saturated carbocycles. The van der Waals surface area contributed by atoms with E-state index in [-0.39, 0.29) is 11.4 Å². The molecule has 0 bridgehead atoms. The summed E-state index contributed by atoms with van der Waals surface area (Å²) < 4.78 is 0. The molecule has 1 radical (unpaired) electrons. The Kier molecular flexibility index (Phi) is 5.38. The number of hydrogen-bond acceptors (Lipinski definition) is 2. The summed E-state index contributed by atoms with van der Waals surface area (Å²) in [7, 11) is 0. The van der Waals surface area contributed by atoms with Gasteiger partial charge in [-0.25, -0.2) is 0 Å². The molecule has 1 aromatic carbocycles. The van der Waals surface area contributed by atoms with Gasteiger partial charge in [0.1, 0.15) is 0 Å². The topological polar surface area (TPSA) is 34.1 Å². The molecule has 2 nitrogen and oxygen atoms in total. The molecule has 0 spiro atoms. The summed E-state index contributed by atoms with van der Waals surface area (Å²) in [5.74, 6) is -0.237. The van der Waals surface area contributed by atoms with E-state index in [2.05, 4.69) is 6.58 Å². The number of allylic oxidation sites excluding steroid dienone is 5.